The molecule has 2 aromatic carbocycles. The molecule has 0 saturated carbocycles. The third-order valence-electron chi connectivity index (χ3n) is 4.20. The minimum Gasteiger partial charge on any atom is -0.493 e. The zero-order valence-corrected chi connectivity index (χ0v) is 16.3. The first kappa shape index (κ1) is 18.3. The van der Waals surface area contributed by atoms with Crippen LogP contribution in [0, 0.1) is 11.7 Å². The molecule has 0 saturated heterocycles. The van der Waals surface area contributed by atoms with Gasteiger partial charge in [0.15, 0.2) is 4.80 Å². The fourth-order valence-electron chi connectivity index (χ4n) is 2.90. The van der Waals surface area contributed by atoms with Crippen LogP contribution in [0.4, 0.5) is 15.8 Å². The zero-order chi connectivity index (χ0) is 19.7. The van der Waals surface area contributed by atoms with Crippen LogP contribution in [0.25, 0.3) is 6.08 Å². The van der Waals surface area contributed by atoms with E-state index in [0.29, 0.717) is 27.8 Å². The molecule has 0 atom stereocenters. The van der Waals surface area contributed by atoms with Gasteiger partial charge >= 0.3 is 0 Å². The Morgan fingerprint density at radius 3 is 2.75 bits per heavy atom. The minimum absolute atomic E-state index is 0.174. The molecule has 3 aromatic rings. The van der Waals surface area contributed by atoms with Crippen LogP contribution in [0.5, 0.6) is 5.88 Å². The lowest BCUT2D eigenvalue weighted by molar-refractivity contribution is 0.387. The molecule has 142 valence electrons. The van der Waals surface area contributed by atoms with Crippen molar-refractivity contribution >= 4 is 35.1 Å². The number of nitrogens with zero attached hydrogens (tertiary/aromatic N) is 4. The van der Waals surface area contributed by atoms with Gasteiger partial charge in [0.05, 0.1) is 21.6 Å². The number of aromatic nitrogens is 1. The van der Waals surface area contributed by atoms with Crippen LogP contribution in [-0.2, 0) is 6.54 Å². The minimum atomic E-state index is -0.303. The number of hydrogen-bond acceptors (Lipinski definition) is 5. The fraction of sp³-hybridized carbons (Fsp3) is 0.190. The molecule has 1 aliphatic heterocycles. The lowest BCUT2D eigenvalue weighted by Crippen LogP contribution is -2.17. The van der Waals surface area contributed by atoms with Crippen LogP contribution in [0.2, 0.25) is 0 Å². The average Bonchev–Trinajstić information content (AvgIpc) is 3.23. The molecule has 28 heavy (non-hydrogen) atoms. The molecular weight excluding hydrogens is 375 g/mol. The highest BCUT2D eigenvalue weighted by Gasteiger charge is 2.12. The Balaban J connectivity index is 1.84. The highest BCUT2D eigenvalue weighted by atomic mass is 32.1. The molecule has 5 nitrogen and oxygen atoms in total. The highest BCUT2D eigenvalue weighted by Crippen LogP contribution is 2.23. The summed E-state index contributed by atoms with van der Waals surface area (Å²) in [6, 6.07) is 11.8. The van der Waals surface area contributed by atoms with Crippen molar-refractivity contribution in [1.82, 2.24) is 4.57 Å². The smallest absolute Gasteiger partial charge is 0.211 e. The number of aromatic hydroxyl groups is 1. The van der Waals surface area contributed by atoms with Gasteiger partial charge in [-0.05, 0) is 53.6 Å². The number of thiazole rings is 1. The van der Waals surface area contributed by atoms with E-state index in [1.54, 1.807) is 16.7 Å². The molecule has 0 spiro atoms. The Morgan fingerprint density at radius 2 is 2.00 bits per heavy atom. The summed E-state index contributed by atoms with van der Waals surface area (Å²) in [4.78, 5) is 14.4. The summed E-state index contributed by atoms with van der Waals surface area (Å²) >= 11 is 1.39. The summed E-state index contributed by atoms with van der Waals surface area (Å²) < 4.78 is 15.0. The number of aliphatic imine (C=N–C) groups is 1. The van der Waals surface area contributed by atoms with E-state index < -0.39 is 0 Å². The van der Waals surface area contributed by atoms with Gasteiger partial charge in [-0.25, -0.2) is 19.4 Å². The van der Waals surface area contributed by atoms with E-state index >= 15 is 0 Å². The van der Waals surface area contributed by atoms with Gasteiger partial charge in [0, 0.05) is 6.54 Å². The van der Waals surface area contributed by atoms with Crippen molar-refractivity contribution in [2.75, 3.05) is 0 Å². The highest BCUT2D eigenvalue weighted by molar-refractivity contribution is 7.10. The topological polar surface area (TPSA) is 62.2 Å². The first-order chi connectivity index (χ1) is 13.5. The molecule has 0 bridgehead atoms. The summed E-state index contributed by atoms with van der Waals surface area (Å²) in [5, 5.41) is 12.6. The predicted octanol–water partition coefficient (Wildman–Crippen LogP) is 3.40. The molecule has 0 radical (unpaired) electrons. The maximum absolute atomic E-state index is 13.2. The summed E-state index contributed by atoms with van der Waals surface area (Å²) in [5.74, 6) is 0.202. The molecule has 1 N–H and O–H groups in total. The molecule has 4 rings (SSSR count). The molecular formula is C21H19FN4OS. The van der Waals surface area contributed by atoms with Crippen molar-refractivity contribution < 1.29 is 9.50 Å². The average molecular weight is 394 g/mol. The Morgan fingerprint density at radius 1 is 1.21 bits per heavy atom. The van der Waals surface area contributed by atoms with Gasteiger partial charge in [0.25, 0.3) is 0 Å². The van der Waals surface area contributed by atoms with Crippen LogP contribution < -0.4 is 15.4 Å². The maximum Gasteiger partial charge on any atom is 0.211 e. The summed E-state index contributed by atoms with van der Waals surface area (Å²) in [7, 11) is 0. The first-order valence-electron chi connectivity index (χ1n) is 8.94. The van der Waals surface area contributed by atoms with Gasteiger partial charge in [0.2, 0.25) is 5.88 Å². The van der Waals surface area contributed by atoms with Crippen molar-refractivity contribution in [2.24, 2.45) is 20.9 Å². The van der Waals surface area contributed by atoms with Crippen molar-refractivity contribution in [3.05, 3.63) is 68.5 Å². The third kappa shape index (κ3) is 3.80. The number of hydrogen-bond donors (Lipinski definition) is 1. The zero-order valence-electron chi connectivity index (χ0n) is 15.5. The molecule has 0 fully saturated rings. The monoisotopic (exact) mass is 394 g/mol. The molecule has 1 aliphatic rings. The molecule has 2 heterocycles. The van der Waals surface area contributed by atoms with E-state index in [0.717, 1.165) is 16.3 Å². The Kier molecular flexibility index (Phi) is 4.92. The van der Waals surface area contributed by atoms with Gasteiger partial charge in [-0.3, -0.25) is 4.57 Å². The molecule has 1 aromatic heterocycles. The van der Waals surface area contributed by atoms with Crippen LogP contribution in [0.15, 0.2) is 57.4 Å². The Labute approximate surface area is 165 Å². The quantitative estimate of drug-likeness (QED) is 0.724. The number of rotatable bonds is 4. The van der Waals surface area contributed by atoms with Gasteiger partial charge in [-0.2, -0.15) is 0 Å². The van der Waals surface area contributed by atoms with Crippen molar-refractivity contribution in [1.29, 1.82) is 0 Å². The van der Waals surface area contributed by atoms with E-state index in [-0.39, 0.29) is 11.7 Å². The Bertz CT molecular complexity index is 1240. The molecule has 0 unspecified atom stereocenters. The maximum atomic E-state index is 13.2. The molecule has 0 amide bonds. The number of benzene rings is 2. The van der Waals surface area contributed by atoms with Crippen LogP contribution in [0.3, 0.4) is 0 Å². The first-order valence-corrected chi connectivity index (χ1v) is 9.76. The normalized spacial score (nSPS) is 14.0. The van der Waals surface area contributed by atoms with Crippen molar-refractivity contribution in [3.63, 3.8) is 0 Å². The van der Waals surface area contributed by atoms with E-state index in [9.17, 15) is 9.50 Å². The summed E-state index contributed by atoms with van der Waals surface area (Å²) in [6.07, 6.45) is 3.45. The van der Waals surface area contributed by atoms with Crippen LogP contribution in [0.1, 0.15) is 18.7 Å². The van der Waals surface area contributed by atoms with Crippen LogP contribution in [-0.4, -0.2) is 16.0 Å². The van der Waals surface area contributed by atoms with Crippen molar-refractivity contribution in [2.45, 2.75) is 20.4 Å². The fourth-order valence-corrected chi connectivity index (χ4v) is 3.92. The second-order valence-electron chi connectivity index (χ2n) is 6.93. The van der Waals surface area contributed by atoms with Crippen LogP contribution >= 0.6 is 11.3 Å². The second-order valence-corrected chi connectivity index (χ2v) is 7.94. The Hall–Kier alpha value is -3.06. The lowest BCUT2D eigenvalue weighted by atomic mass is 10.2. The lowest BCUT2D eigenvalue weighted by Gasteiger charge is -2.07. The van der Waals surface area contributed by atoms with Gasteiger partial charge in [-0.1, -0.05) is 31.3 Å². The summed E-state index contributed by atoms with van der Waals surface area (Å²) in [6.45, 7) is 4.79. The SMILES string of the molecule is CC(C)Cn1c(O)c(C=c2ccc3c(c2)N=CN=3)sc1=Nc1ccc(F)cc1. The second kappa shape index (κ2) is 7.52. The predicted molar refractivity (Wildman–Crippen MR) is 109 cm³/mol. The standard InChI is InChI=1S/C21H19FN4OS/c1-13(2)11-26-20(27)19(10-14-3-8-17-18(9-14)24-12-23-17)28-21(26)25-16-6-4-15(22)5-7-16/h3-10,12-13,27H,11H2,1-2H3. The van der Waals surface area contributed by atoms with E-state index in [1.165, 1.54) is 29.8 Å². The summed E-state index contributed by atoms with van der Waals surface area (Å²) in [5.41, 5.74) is 1.45. The number of fused-ring (bicyclic) bond motifs is 1. The largest absolute Gasteiger partial charge is 0.493 e. The van der Waals surface area contributed by atoms with E-state index in [1.807, 2.05) is 24.3 Å². The molecule has 7 heteroatoms. The van der Waals surface area contributed by atoms with Crippen molar-refractivity contribution in [3.8, 4) is 5.88 Å². The van der Waals surface area contributed by atoms with E-state index in [2.05, 4.69) is 28.8 Å². The van der Waals surface area contributed by atoms with Gasteiger partial charge in [-0.15, -0.1) is 0 Å². The van der Waals surface area contributed by atoms with Gasteiger partial charge in [0.1, 0.15) is 12.2 Å². The third-order valence-corrected chi connectivity index (χ3v) is 5.21. The van der Waals surface area contributed by atoms with Gasteiger partial charge < -0.3 is 5.11 Å². The number of halogens is 1. The molecule has 0 aliphatic carbocycles. The van der Waals surface area contributed by atoms with E-state index in [4.69, 9.17) is 0 Å².